The Morgan fingerprint density at radius 2 is 2.15 bits per heavy atom. The maximum Gasteiger partial charge on any atom is 0.427 e. The molecule has 13 heavy (non-hydrogen) atoms. The normalized spacial score (nSPS) is 13.6. The van der Waals surface area contributed by atoms with Crippen LogP contribution in [0.4, 0.5) is 18.0 Å². The Balaban J connectivity index is 4.06. The third-order valence-electron chi connectivity index (χ3n) is 1.10. The van der Waals surface area contributed by atoms with Gasteiger partial charge in [0.2, 0.25) is 6.10 Å². The zero-order valence-corrected chi connectivity index (χ0v) is 6.89. The Morgan fingerprint density at radius 1 is 1.62 bits per heavy atom. The molecule has 0 aromatic heterocycles. The highest BCUT2D eigenvalue weighted by atomic mass is 19.4. The Kier molecular flexibility index (Phi) is 4.53. The Bertz CT molecular complexity index is 171. The lowest BCUT2D eigenvalue weighted by molar-refractivity contribution is -0.212. The molecule has 0 rings (SSSR count). The van der Waals surface area contributed by atoms with Crippen LogP contribution in [0, 0.1) is 0 Å². The lowest BCUT2D eigenvalue weighted by Crippen LogP contribution is -2.40. The number of nitrogens with one attached hydrogen (secondary N) is 1. The molecule has 0 fully saturated rings. The SMILES string of the molecule is CCNC(=O)O[C@H](CO)C(F)(F)F. The first kappa shape index (κ1) is 12.0. The van der Waals surface area contributed by atoms with Crippen molar-refractivity contribution in [2.45, 2.75) is 19.2 Å². The zero-order chi connectivity index (χ0) is 10.5. The predicted octanol–water partition coefficient (Wildman–Crippen LogP) is 0.656. The molecule has 0 aliphatic carbocycles. The molecule has 0 heterocycles. The van der Waals surface area contributed by atoms with Gasteiger partial charge in [0.25, 0.3) is 0 Å². The molecule has 0 aliphatic heterocycles. The number of alkyl halides is 3. The van der Waals surface area contributed by atoms with E-state index in [1.54, 1.807) is 0 Å². The lowest BCUT2D eigenvalue weighted by atomic mass is 10.4. The van der Waals surface area contributed by atoms with E-state index in [9.17, 15) is 18.0 Å². The molecule has 0 saturated heterocycles. The van der Waals surface area contributed by atoms with Gasteiger partial charge in [-0.1, -0.05) is 0 Å². The molecule has 1 atom stereocenters. The van der Waals surface area contributed by atoms with E-state index >= 15 is 0 Å². The van der Waals surface area contributed by atoms with Gasteiger partial charge in [0.05, 0.1) is 6.61 Å². The molecule has 4 nitrogen and oxygen atoms in total. The standard InChI is InChI=1S/C6H10F3NO3/c1-2-10-5(12)13-4(3-11)6(7,8)9/h4,11H,2-3H2,1H3,(H,10,12)/t4-/m1/s1. The largest absolute Gasteiger partial charge is 0.434 e. The number of carbonyl (C=O) groups is 1. The summed E-state index contributed by atoms with van der Waals surface area (Å²) in [6, 6.07) is 0. The lowest BCUT2D eigenvalue weighted by Gasteiger charge is -2.18. The van der Waals surface area contributed by atoms with E-state index in [-0.39, 0.29) is 6.54 Å². The molecular weight excluding hydrogens is 191 g/mol. The number of halogens is 3. The Hall–Kier alpha value is -0.980. The molecule has 0 aromatic carbocycles. The molecule has 0 unspecified atom stereocenters. The Labute approximate surface area is 72.7 Å². The average molecular weight is 201 g/mol. The van der Waals surface area contributed by atoms with E-state index in [1.165, 1.54) is 6.92 Å². The molecular formula is C6H10F3NO3. The van der Waals surface area contributed by atoms with E-state index in [2.05, 4.69) is 4.74 Å². The van der Waals surface area contributed by atoms with Gasteiger partial charge in [-0.25, -0.2) is 4.79 Å². The van der Waals surface area contributed by atoms with Gasteiger partial charge in [0, 0.05) is 6.54 Å². The third-order valence-corrected chi connectivity index (χ3v) is 1.10. The monoisotopic (exact) mass is 201 g/mol. The number of aliphatic hydroxyl groups is 1. The van der Waals surface area contributed by atoms with Crippen LogP contribution in [0.5, 0.6) is 0 Å². The highest BCUT2D eigenvalue weighted by Gasteiger charge is 2.42. The summed E-state index contributed by atoms with van der Waals surface area (Å²) in [4.78, 5) is 10.5. The van der Waals surface area contributed by atoms with Crippen molar-refractivity contribution < 1.29 is 27.8 Å². The van der Waals surface area contributed by atoms with Crippen LogP contribution in [-0.2, 0) is 4.74 Å². The first-order chi connectivity index (χ1) is 5.91. The van der Waals surface area contributed by atoms with Crippen LogP contribution in [0.25, 0.3) is 0 Å². The molecule has 7 heteroatoms. The molecule has 0 bridgehead atoms. The summed E-state index contributed by atoms with van der Waals surface area (Å²) >= 11 is 0. The number of rotatable bonds is 3. The van der Waals surface area contributed by atoms with E-state index in [4.69, 9.17) is 5.11 Å². The van der Waals surface area contributed by atoms with E-state index in [1.807, 2.05) is 5.32 Å². The molecule has 0 radical (unpaired) electrons. The number of alkyl carbamates (subject to hydrolysis) is 1. The minimum Gasteiger partial charge on any atom is -0.434 e. The number of hydrogen-bond acceptors (Lipinski definition) is 3. The number of amides is 1. The molecule has 1 amide bonds. The fourth-order valence-electron chi connectivity index (χ4n) is 0.523. The first-order valence-electron chi connectivity index (χ1n) is 3.53. The summed E-state index contributed by atoms with van der Waals surface area (Å²) in [5.41, 5.74) is 0. The van der Waals surface area contributed by atoms with Gasteiger partial charge in [0.15, 0.2) is 0 Å². The van der Waals surface area contributed by atoms with Gasteiger partial charge >= 0.3 is 12.3 Å². The zero-order valence-electron chi connectivity index (χ0n) is 6.89. The van der Waals surface area contributed by atoms with E-state index in [0.717, 1.165) is 0 Å². The first-order valence-corrected chi connectivity index (χ1v) is 3.53. The van der Waals surface area contributed by atoms with Gasteiger partial charge < -0.3 is 15.2 Å². The topological polar surface area (TPSA) is 58.6 Å². The van der Waals surface area contributed by atoms with Crippen LogP contribution in [0.2, 0.25) is 0 Å². The van der Waals surface area contributed by atoms with Crippen molar-refractivity contribution >= 4 is 6.09 Å². The second-order valence-electron chi connectivity index (χ2n) is 2.15. The minimum atomic E-state index is -4.74. The molecule has 0 aromatic rings. The second kappa shape index (κ2) is 4.90. The van der Waals surface area contributed by atoms with Gasteiger partial charge in [-0.05, 0) is 6.92 Å². The fourth-order valence-corrected chi connectivity index (χ4v) is 0.523. The van der Waals surface area contributed by atoms with Gasteiger partial charge in [-0.15, -0.1) is 0 Å². The van der Waals surface area contributed by atoms with Crippen molar-refractivity contribution in [1.29, 1.82) is 0 Å². The van der Waals surface area contributed by atoms with Crippen molar-refractivity contribution in [1.82, 2.24) is 5.32 Å². The molecule has 0 saturated carbocycles. The number of carbonyl (C=O) groups excluding carboxylic acids is 1. The highest BCUT2D eigenvalue weighted by molar-refractivity contribution is 5.67. The van der Waals surface area contributed by atoms with Crippen LogP contribution in [0.1, 0.15) is 6.92 Å². The summed E-state index contributed by atoms with van der Waals surface area (Å²) in [5.74, 6) is 0. The highest BCUT2D eigenvalue weighted by Crippen LogP contribution is 2.22. The summed E-state index contributed by atoms with van der Waals surface area (Å²) in [7, 11) is 0. The predicted molar refractivity (Wildman–Crippen MR) is 37.1 cm³/mol. The molecule has 78 valence electrons. The number of aliphatic hydroxyl groups excluding tert-OH is 1. The van der Waals surface area contributed by atoms with Crippen molar-refractivity contribution in [3.8, 4) is 0 Å². The van der Waals surface area contributed by atoms with Crippen molar-refractivity contribution in [3.63, 3.8) is 0 Å². The van der Waals surface area contributed by atoms with Gasteiger partial charge in [0.1, 0.15) is 0 Å². The van der Waals surface area contributed by atoms with Crippen LogP contribution in [0.15, 0.2) is 0 Å². The van der Waals surface area contributed by atoms with E-state index in [0.29, 0.717) is 0 Å². The van der Waals surface area contributed by atoms with E-state index < -0.39 is 25.0 Å². The smallest absolute Gasteiger partial charge is 0.427 e. The van der Waals surface area contributed by atoms with Crippen LogP contribution in [0.3, 0.4) is 0 Å². The average Bonchev–Trinajstić information content (AvgIpc) is 1.98. The van der Waals surface area contributed by atoms with Crippen molar-refractivity contribution in [3.05, 3.63) is 0 Å². The van der Waals surface area contributed by atoms with Crippen LogP contribution in [-0.4, -0.2) is 36.6 Å². The third kappa shape index (κ3) is 4.56. The van der Waals surface area contributed by atoms with Crippen LogP contribution < -0.4 is 5.32 Å². The number of hydrogen-bond donors (Lipinski definition) is 2. The summed E-state index contributed by atoms with van der Waals surface area (Å²) in [5, 5.41) is 10.3. The van der Waals surface area contributed by atoms with Crippen LogP contribution >= 0.6 is 0 Å². The molecule has 2 N–H and O–H groups in total. The maximum atomic E-state index is 11.9. The van der Waals surface area contributed by atoms with Gasteiger partial charge in [-0.3, -0.25) is 0 Å². The molecule has 0 spiro atoms. The second-order valence-corrected chi connectivity index (χ2v) is 2.15. The maximum absolute atomic E-state index is 11.9. The van der Waals surface area contributed by atoms with Crippen molar-refractivity contribution in [2.24, 2.45) is 0 Å². The Morgan fingerprint density at radius 3 is 2.46 bits per heavy atom. The summed E-state index contributed by atoms with van der Waals surface area (Å²) in [6.07, 6.45) is -8.39. The van der Waals surface area contributed by atoms with Crippen molar-refractivity contribution in [2.75, 3.05) is 13.2 Å². The fraction of sp³-hybridized carbons (Fsp3) is 0.833. The quantitative estimate of drug-likeness (QED) is 0.705. The number of ether oxygens (including phenoxy) is 1. The molecule has 0 aliphatic rings. The summed E-state index contributed by atoms with van der Waals surface area (Å²) < 4.78 is 39.4. The minimum absolute atomic E-state index is 0.162. The summed E-state index contributed by atoms with van der Waals surface area (Å²) in [6.45, 7) is 0.415. The van der Waals surface area contributed by atoms with Gasteiger partial charge in [-0.2, -0.15) is 13.2 Å².